The van der Waals surface area contributed by atoms with E-state index < -0.39 is 0 Å². The van der Waals surface area contributed by atoms with E-state index in [1.165, 1.54) is 0 Å². The molecule has 1 amide bonds. The average Bonchev–Trinajstić information content (AvgIpc) is 2.51. The van der Waals surface area contributed by atoms with Gasteiger partial charge in [0.1, 0.15) is 0 Å². The number of nitrogens with one attached hydrogen (secondary N) is 3. The number of carbonyl (C=O) groups excluding carboxylic acids is 1. The first-order valence-corrected chi connectivity index (χ1v) is 7.96. The van der Waals surface area contributed by atoms with Crippen molar-refractivity contribution < 1.29 is 4.79 Å². The second kappa shape index (κ2) is 9.82. The lowest BCUT2D eigenvalue weighted by molar-refractivity contribution is 0.0954. The number of carbonyl (C=O) groups is 1. The third kappa shape index (κ3) is 6.61. The fourth-order valence-electron chi connectivity index (χ4n) is 1.88. The molecule has 5 heteroatoms. The zero-order valence-corrected chi connectivity index (χ0v) is 14.1. The minimum Gasteiger partial charge on any atom is -0.357 e. The minimum absolute atomic E-state index is 0.0567. The van der Waals surface area contributed by atoms with E-state index in [-0.39, 0.29) is 5.91 Å². The average molecular weight is 304 g/mol. The molecule has 0 aliphatic rings. The maximum absolute atomic E-state index is 12.0. The van der Waals surface area contributed by atoms with Crippen LogP contribution in [0, 0.1) is 6.92 Å². The van der Waals surface area contributed by atoms with Crippen LogP contribution in [-0.2, 0) is 0 Å². The Morgan fingerprint density at radius 1 is 1.27 bits per heavy atom. The maximum atomic E-state index is 12.0. The summed E-state index contributed by atoms with van der Waals surface area (Å²) in [6.45, 7) is 10.1. The predicted octanol–water partition coefficient (Wildman–Crippen LogP) is 2.08. The van der Waals surface area contributed by atoms with Gasteiger partial charge in [-0.05, 0) is 39.3 Å². The lowest BCUT2D eigenvalue weighted by Crippen LogP contribution is -2.42. The molecule has 0 bridgehead atoms. The summed E-state index contributed by atoms with van der Waals surface area (Å²) in [7, 11) is 0. The smallest absolute Gasteiger partial charge is 0.251 e. The van der Waals surface area contributed by atoms with Gasteiger partial charge < -0.3 is 16.0 Å². The Balaban J connectivity index is 2.44. The first-order chi connectivity index (χ1) is 10.6. The number of aryl methyl sites for hydroxylation is 1. The van der Waals surface area contributed by atoms with Crippen LogP contribution in [0.15, 0.2) is 29.3 Å². The van der Waals surface area contributed by atoms with Crippen LogP contribution in [0.1, 0.15) is 43.1 Å². The Morgan fingerprint density at radius 2 is 2.05 bits per heavy atom. The number of guanidine groups is 1. The molecule has 1 aromatic rings. The monoisotopic (exact) mass is 304 g/mol. The molecule has 5 nitrogen and oxygen atoms in total. The molecule has 1 rings (SSSR count). The van der Waals surface area contributed by atoms with Crippen molar-refractivity contribution >= 4 is 11.9 Å². The molecular weight excluding hydrogens is 276 g/mol. The normalized spacial score (nSPS) is 12.6. The Hall–Kier alpha value is -2.04. The topological polar surface area (TPSA) is 65.5 Å². The summed E-state index contributed by atoms with van der Waals surface area (Å²) in [5.74, 6) is 0.737. The summed E-state index contributed by atoms with van der Waals surface area (Å²) in [6, 6.07) is 7.94. The molecule has 0 spiro atoms. The van der Waals surface area contributed by atoms with Crippen molar-refractivity contribution in [2.75, 3.05) is 19.6 Å². The maximum Gasteiger partial charge on any atom is 0.251 e. The van der Waals surface area contributed by atoms with Crippen LogP contribution >= 0.6 is 0 Å². The molecule has 0 saturated heterocycles. The van der Waals surface area contributed by atoms with E-state index in [0.29, 0.717) is 24.7 Å². The van der Waals surface area contributed by atoms with Gasteiger partial charge in [-0.3, -0.25) is 9.79 Å². The Kier molecular flexibility index (Phi) is 8.04. The molecule has 122 valence electrons. The van der Waals surface area contributed by atoms with E-state index in [9.17, 15) is 4.79 Å². The third-order valence-corrected chi connectivity index (χ3v) is 3.29. The van der Waals surface area contributed by atoms with Crippen LogP contribution in [0.5, 0.6) is 0 Å². The molecule has 0 aliphatic carbocycles. The number of aliphatic imine (C=N–C) groups is 1. The summed E-state index contributed by atoms with van der Waals surface area (Å²) in [6.07, 6.45) is 1.04. The Labute approximate surface area is 133 Å². The van der Waals surface area contributed by atoms with Gasteiger partial charge in [-0.2, -0.15) is 0 Å². The fraction of sp³-hybridized carbons (Fsp3) is 0.529. The molecule has 1 unspecified atom stereocenters. The van der Waals surface area contributed by atoms with E-state index >= 15 is 0 Å². The van der Waals surface area contributed by atoms with Gasteiger partial charge in [-0.1, -0.05) is 24.6 Å². The van der Waals surface area contributed by atoms with Gasteiger partial charge in [-0.15, -0.1) is 0 Å². The molecule has 0 radical (unpaired) electrons. The first-order valence-electron chi connectivity index (χ1n) is 7.96. The third-order valence-electron chi connectivity index (χ3n) is 3.29. The fourth-order valence-corrected chi connectivity index (χ4v) is 1.88. The predicted molar refractivity (Wildman–Crippen MR) is 92.4 cm³/mol. The largest absolute Gasteiger partial charge is 0.357 e. The second-order valence-corrected chi connectivity index (χ2v) is 5.34. The summed E-state index contributed by atoms with van der Waals surface area (Å²) in [4.78, 5) is 16.5. The Morgan fingerprint density at radius 3 is 2.68 bits per heavy atom. The number of hydrogen-bond donors (Lipinski definition) is 3. The van der Waals surface area contributed by atoms with Gasteiger partial charge in [0, 0.05) is 24.7 Å². The molecule has 0 aliphatic heterocycles. The van der Waals surface area contributed by atoms with Crippen LogP contribution in [-0.4, -0.2) is 37.5 Å². The van der Waals surface area contributed by atoms with Gasteiger partial charge in [-0.25, -0.2) is 0 Å². The second-order valence-electron chi connectivity index (χ2n) is 5.34. The molecule has 0 heterocycles. The Bertz CT molecular complexity index is 499. The molecule has 0 saturated carbocycles. The van der Waals surface area contributed by atoms with Crippen molar-refractivity contribution in [3.8, 4) is 0 Å². The van der Waals surface area contributed by atoms with Gasteiger partial charge in [0.2, 0.25) is 0 Å². The van der Waals surface area contributed by atoms with Crippen LogP contribution < -0.4 is 16.0 Å². The molecule has 1 atom stereocenters. The summed E-state index contributed by atoms with van der Waals surface area (Å²) in [5.41, 5.74) is 1.77. The van der Waals surface area contributed by atoms with E-state index in [2.05, 4.69) is 34.8 Å². The van der Waals surface area contributed by atoms with Crippen LogP contribution in [0.3, 0.4) is 0 Å². The minimum atomic E-state index is -0.0567. The van der Waals surface area contributed by atoms with Gasteiger partial charge in [0.15, 0.2) is 5.96 Å². The summed E-state index contributed by atoms with van der Waals surface area (Å²) < 4.78 is 0. The number of hydrogen-bond acceptors (Lipinski definition) is 2. The first kappa shape index (κ1) is 18.0. The molecule has 1 aromatic carbocycles. The quantitative estimate of drug-likeness (QED) is 0.410. The van der Waals surface area contributed by atoms with E-state index in [1.807, 2.05) is 38.1 Å². The van der Waals surface area contributed by atoms with Gasteiger partial charge in [0.05, 0.1) is 6.54 Å². The number of benzene rings is 1. The zero-order chi connectivity index (χ0) is 16.4. The van der Waals surface area contributed by atoms with Crippen molar-refractivity contribution in [2.24, 2.45) is 4.99 Å². The van der Waals surface area contributed by atoms with E-state index in [1.54, 1.807) is 0 Å². The highest BCUT2D eigenvalue weighted by molar-refractivity contribution is 5.94. The lowest BCUT2D eigenvalue weighted by atomic mass is 10.1. The van der Waals surface area contributed by atoms with Crippen molar-refractivity contribution in [1.82, 2.24) is 16.0 Å². The zero-order valence-electron chi connectivity index (χ0n) is 14.1. The van der Waals surface area contributed by atoms with Crippen molar-refractivity contribution in [3.05, 3.63) is 35.4 Å². The van der Waals surface area contributed by atoms with Crippen LogP contribution in [0.2, 0.25) is 0 Å². The van der Waals surface area contributed by atoms with Gasteiger partial charge in [0.25, 0.3) is 5.91 Å². The van der Waals surface area contributed by atoms with Crippen LogP contribution in [0.25, 0.3) is 0 Å². The highest BCUT2D eigenvalue weighted by Crippen LogP contribution is 2.03. The van der Waals surface area contributed by atoms with Crippen molar-refractivity contribution in [2.45, 2.75) is 40.2 Å². The van der Waals surface area contributed by atoms with E-state index in [0.717, 1.165) is 24.5 Å². The highest BCUT2D eigenvalue weighted by Gasteiger charge is 2.05. The molecule has 3 N–H and O–H groups in total. The van der Waals surface area contributed by atoms with Gasteiger partial charge >= 0.3 is 0 Å². The van der Waals surface area contributed by atoms with Crippen molar-refractivity contribution in [3.63, 3.8) is 0 Å². The summed E-state index contributed by atoms with van der Waals surface area (Å²) >= 11 is 0. The number of nitrogens with zero attached hydrogens (tertiary/aromatic N) is 1. The number of rotatable bonds is 7. The molecule has 0 aromatic heterocycles. The molecule has 0 fully saturated rings. The standard InChI is InChI=1S/C17H28N4O/c1-5-14(4)21-17(18-6-2)20-11-10-19-16(22)15-9-7-8-13(3)12-15/h7-9,12,14H,5-6,10-11H2,1-4H3,(H,19,22)(H2,18,20,21). The van der Waals surface area contributed by atoms with Crippen LogP contribution in [0.4, 0.5) is 0 Å². The molecule has 22 heavy (non-hydrogen) atoms. The van der Waals surface area contributed by atoms with Crippen molar-refractivity contribution in [1.29, 1.82) is 0 Å². The molecular formula is C17H28N4O. The summed E-state index contributed by atoms with van der Waals surface area (Å²) in [5, 5.41) is 9.41. The lowest BCUT2D eigenvalue weighted by Gasteiger charge is -2.16. The highest BCUT2D eigenvalue weighted by atomic mass is 16.1. The SMILES string of the molecule is CCNC(=NCCNC(=O)c1cccc(C)c1)NC(C)CC. The number of amides is 1. The van der Waals surface area contributed by atoms with E-state index in [4.69, 9.17) is 0 Å².